The molecule has 0 atom stereocenters. The van der Waals surface area contributed by atoms with Crippen molar-refractivity contribution in [3.8, 4) is 5.75 Å². The maximum absolute atomic E-state index is 12.4. The molecular weight excluding hydrogens is 356 g/mol. The second kappa shape index (κ2) is 9.17. The van der Waals surface area contributed by atoms with Gasteiger partial charge in [-0.05, 0) is 54.8 Å². The number of hydrogen-bond acceptors (Lipinski definition) is 4. The predicted octanol–water partition coefficient (Wildman–Crippen LogP) is 2.54. The Bertz CT molecular complexity index is 861. The van der Waals surface area contributed by atoms with Gasteiger partial charge in [-0.25, -0.2) is 0 Å². The maximum atomic E-state index is 12.4. The highest BCUT2D eigenvalue weighted by molar-refractivity contribution is 5.97. The van der Waals surface area contributed by atoms with Crippen LogP contribution in [0.4, 0.5) is 5.69 Å². The van der Waals surface area contributed by atoms with Crippen LogP contribution in [0.15, 0.2) is 42.5 Å². The van der Waals surface area contributed by atoms with Crippen molar-refractivity contribution in [3.63, 3.8) is 0 Å². The van der Waals surface area contributed by atoms with Gasteiger partial charge in [-0.15, -0.1) is 0 Å². The fourth-order valence-corrected chi connectivity index (χ4v) is 3.29. The molecule has 3 rings (SSSR count). The average Bonchev–Trinajstić information content (AvgIpc) is 3.12. The molecule has 6 nitrogen and oxygen atoms in total. The molecule has 2 aromatic rings. The van der Waals surface area contributed by atoms with E-state index in [2.05, 4.69) is 5.32 Å². The Morgan fingerprint density at radius 2 is 1.96 bits per heavy atom. The Kier molecular flexibility index (Phi) is 6.42. The van der Waals surface area contributed by atoms with Crippen LogP contribution in [0.2, 0.25) is 0 Å². The van der Waals surface area contributed by atoms with E-state index < -0.39 is 0 Å². The van der Waals surface area contributed by atoms with Crippen molar-refractivity contribution in [1.29, 1.82) is 0 Å². The lowest BCUT2D eigenvalue weighted by atomic mass is 10.0. The number of ether oxygens (including phenoxy) is 1. The fraction of sp³-hybridized carbons (Fsp3) is 0.318. The number of hydrogen-bond donors (Lipinski definition) is 1. The molecule has 0 bridgehead atoms. The summed E-state index contributed by atoms with van der Waals surface area (Å²) in [4.78, 5) is 37.1. The molecule has 0 saturated heterocycles. The standard InChI is InChI=1S/C22H24N2O4/c1-2-28-19-6-3-16(4-7-19)13-22(27)23-11-9-21(26)18-5-8-20-17(14-18)10-12-24(20)15-25/h3-8,14-15H,2,9-13H2,1H3,(H,23,27). The number of nitrogens with zero attached hydrogens (tertiary/aromatic N) is 1. The Hall–Kier alpha value is -3.15. The third kappa shape index (κ3) is 4.76. The zero-order chi connectivity index (χ0) is 19.9. The summed E-state index contributed by atoms with van der Waals surface area (Å²) in [6, 6.07) is 12.8. The molecule has 2 amide bonds. The highest BCUT2D eigenvalue weighted by Crippen LogP contribution is 2.27. The summed E-state index contributed by atoms with van der Waals surface area (Å²) in [6.07, 6.45) is 2.08. The normalized spacial score (nSPS) is 12.4. The van der Waals surface area contributed by atoms with E-state index in [-0.39, 0.29) is 24.5 Å². The van der Waals surface area contributed by atoms with Gasteiger partial charge < -0.3 is 15.0 Å². The first-order chi connectivity index (χ1) is 13.6. The van der Waals surface area contributed by atoms with E-state index in [1.807, 2.05) is 43.3 Å². The van der Waals surface area contributed by atoms with Crippen LogP contribution in [0, 0.1) is 0 Å². The number of ketones is 1. The van der Waals surface area contributed by atoms with E-state index in [0.717, 1.165) is 35.4 Å². The lowest BCUT2D eigenvalue weighted by molar-refractivity contribution is -0.120. The van der Waals surface area contributed by atoms with Crippen LogP contribution in [0.3, 0.4) is 0 Å². The second-order valence-electron chi connectivity index (χ2n) is 6.67. The number of Topliss-reactive ketones (excluding diaryl/α,β-unsaturated/α-hetero) is 1. The van der Waals surface area contributed by atoms with E-state index in [1.165, 1.54) is 0 Å². The van der Waals surface area contributed by atoms with Gasteiger partial charge in [-0.2, -0.15) is 0 Å². The van der Waals surface area contributed by atoms with E-state index in [9.17, 15) is 14.4 Å². The average molecular weight is 380 g/mol. The van der Waals surface area contributed by atoms with Crippen molar-refractivity contribution in [1.82, 2.24) is 5.32 Å². The quantitative estimate of drug-likeness (QED) is 0.536. The molecule has 0 fully saturated rings. The minimum atomic E-state index is -0.118. The van der Waals surface area contributed by atoms with Gasteiger partial charge in [0.15, 0.2) is 5.78 Å². The summed E-state index contributed by atoms with van der Waals surface area (Å²) in [5.41, 5.74) is 3.39. The van der Waals surface area contributed by atoms with Gasteiger partial charge in [0, 0.05) is 30.8 Å². The second-order valence-corrected chi connectivity index (χ2v) is 6.67. The van der Waals surface area contributed by atoms with Gasteiger partial charge in [-0.1, -0.05) is 12.1 Å². The van der Waals surface area contributed by atoms with E-state index in [0.29, 0.717) is 25.3 Å². The van der Waals surface area contributed by atoms with Crippen molar-refractivity contribution < 1.29 is 19.1 Å². The molecular formula is C22H24N2O4. The summed E-state index contributed by atoms with van der Waals surface area (Å²) in [7, 11) is 0. The van der Waals surface area contributed by atoms with Gasteiger partial charge in [0.05, 0.1) is 13.0 Å². The summed E-state index contributed by atoms with van der Waals surface area (Å²) in [5.74, 6) is 0.643. The molecule has 1 aliphatic heterocycles. The molecule has 0 unspecified atom stereocenters. The molecule has 0 aromatic heterocycles. The highest BCUT2D eigenvalue weighted by Gasteiger charge is 2.19. The molecule has 1 N–H and O–H groups in total. The number of fused-ring (bicyclic) bond motifs is 1. The number of carbonyl (C=O) groups excluding carboxylic acids is 3. The number of rotatable bonds is 9. The van der Waals surface area contributed by atoms with Crippen molar-refractivity contribution >= 4 is 23.8 Å². The molecule has 6 heteroatoms. The number of benzene rings is 2. The maximum Gasteiger partial charge on any atom is 0.224 e. The van der Waals surface area contributed by atoms with Crippen molar-refractivity contribution in [2.75, 3.05) is 24.6 Å². The van der Waals surface area contributed by atoms with Crippen LogP contribution in [-0.2, 0) is 22.4 Å². The molecule has 1 heterocycles. The lowest BCUT2D eigenvalue weighted by Crippen LogP contribution is -2.27. The van der Waals surface area contributed by atoms with Crippen LogP contribution in [-0.4, -0.2) is 37.8 Å². The molecule has 0 saturated carbocycles. The SMILES string of the molecule is CCOc1ccc(CC(=O)NCCC(=O)c2ccc3c(c2)CCN3C=O)cc1. The van der Waals surface area contributed by atoms with Crippen LogP contribution >= 0.6 is 0 Å². The van der Waals surface area contributed by atoms with Gasteiger partial charge in [0.2, 0.25) is 12.3 Å². The first kappa shape index (κ1) is 19.6. The van der Waals surface area contributed by atoms with Crippen LogP contribution in [0.5, 0.6) is 5.75 Å². The Balaban J connectivity index is 1.46. The largest absolute Gasteiger partial charge is 0.494 e. The number of carbonyl (C=O) groups is 3. The van der Waals surface area contributed by atoms with Gasteiger partial charge in [0.25, 0.3) is 0 Å². The molecule has 0 spiro atoms. The molecule has 146 valence electrons. The Labute approximate surface area is 164 Å². The number of nitrogens with one attached hydrogen (secondary N) is 1. The third-order valence-electron chi connectivity index (χ3n) is 4.73. The summed E-state index contributed by atoms with van der Waals surface area (Å²) in [6.45, 7) is 3.48. The first-order valence-electron chi connectivity index (χ1n) is 9.47. The number of anilines is 1. The van der Waals surface area contributed by atoms with Gasteiger partial charge >= 0.3 is 0 Å². The van der Waals surface area contributed by atoms with E-state index in [4.69, 9.17) is 4.74 Å². The molecule has 0 aliphatic carbocycles. The first-order valence-corrected chi connectivity index (χ1v) is 9.47. The van der Waals surface area contributed by atoms with E-state index >= 15 is 0 Å². The topological polar surface area (TPSA) is 75.7 Å². The summed E-state index contributed by atoms with van der Waals surface area (Å²) >= 11 is 0. The van der Waals surface area contributed by atoms with Gasteiger partial charge in [-0.3, -0.25) is 14.4 Å². The molecule has 28 heavy (non-hydrogen) atoms. The van der Waals surface area contributed by atoms with Crippen LogP contribution in [0.1, 0.15) is 34.8 Å². The minimum Gasteiger partial charge on any atom is -0.494 e. The fourth-order valence-electron chi connectivity index (χ4n) is 3.29. The van der Waals surface area contributed by atoms with Crippen molar-refractivity contribution in [2.24, 2.45) is 0 Å². The summed E-state index contributed by atoms with van der Waals surface area (Å²) in [5, 5.41) is 2.79. The number of amides is 2. The highest BCUT2D eigenvalue weighted by atomic mass is 16.5. The van der Waals surface area contributed by atoms with Crippen LogP contribution in [0.25, 0.3) is 0 Å². The monoisotopic (exact) mass is 380 g/mol. The van der Waals surface area contributed by atoms with Crippen LogP contribution < -0.4 is 15.0 Å². The molecule has 0 radical (unpaired) electrons. The zero-order valence-corrected chi connectivity index (χ0v) is 15.9. The molecule has 1 aliphatic rings. The minimum absolute atomic E-state index is 0.0197. The van der Waals surface area contributed by atoms with E-state index in [1.54, 1.807) is 11.0 Å². The van der Waals surface area contributed by atoms with Crippen molar-refractivity contribution in [3.05, 3.63) is 59.2 Å². The summed E-state index contributed by atoms with van der Waals surface area (Å²) < 4.78 is 5.38. The molecule has 2 aromatic carbocycles. The Morgan fingerprint density at radius 3 is 2.68 bits per heavy atom. The van der Waals surface area contributed by atoms with Crippen molar-refractivity contribution in [2.45, 2.75) is 26.2 Å². The Morgan fingerprint density at radius 1 is 1.18 bits per heavy atom. The zero-order valence-electron chi connectivity index (χ0n) is 15.9. The predicted molar refractivity (Wildman–Crippen MR) is 107 cm³/mol. The third-order valence-corrected chi connectivity index (χ3v) is 4.73. The lowest BCUT2D eigenvalue weighted by Gasteiger charge is -2.10. The van der Waals surface area contributed by atoms with Gasteiger partial charge in [0.1, 0.15) is 5.75 Å². The smallest absolute Gasteiger partial charge is 0.224 e.